The molecule has 102 valence electrons. The second kappa shape index (κ2) is 6.22. The Kier molecular flexibility index (Phi) is 4.39. The van der Waals surface area contributed by atoms with Gasteiger partial charge in [0.25, 0.3) is 0 Å². The first kappa shape index (κ1) is 13.4. The molecule has 0 spiro atoms. The van der Waals surface area contributed by atoms with Crippen molar-refractivity contribution < 1.29 is 4.74 Å². The van der Waals surface area contributed by atoms with Crippen LogP contribution in [0.4, 0.5) is 5.69 Å². The molecule has 1 aromatic carbocycles. The zero-order valence-corrected chi connectivity index (χ0v) is 11.6. The molecule has 1 heterocycles. The summed E-state index contributed by atoms with van der Waals surface area (Å²) >= 11 is 0. The van der Waals surface area contributed by atoms with Crippen LogP contribution in [0.2, 0.25) is 0 Å². The molecular weight excluding hydrogens is 240 g/mol. The predicted molar refractivity (Wildman–Crippen MR) is 75.1 cm³/mol. The van der Waals surface area contributed by atoms with Gasteiger partial charge in [-0.2, -0.15) is 0 Å². The maximum Gasteiger partial charge on any atom is 0.142 e. The molecule has 5 heteroatoms. The molecule has 0 aliphatic rings. The second-order valence-corrected chi connectivity index (χ2v) is 4.94. The number of aromatic nitrogens is 3. The van der Waals surface area contributed by atoms with E-state index in [2.05, 4.69) is 29.5 Å². The minimum absolute atomic E-state index is 0.507. The van der Waals surface area contributed by atoms with Crippen LogP contribution in [-0.2, 0) is 13.6 Å². The number of nitrogens with one attached hydrogen (secondary N) is 1. The molecule has 1 aromatic heterocycles. The Bertz CT molecular complexity index is 522. The van der Waals surface area contributed by atoms with Gasteiger partial charge in [0.2, 0.25) is 0 Å². The fourth-order valence-electron chi connectivity index (χ4n) is 1.66. The molecule has 19 heavy (non-hydrogen) atoms. The Morgan fingerprint density at radius 3 is 2.79 bits per heavy atom. The first-order valence-electron chi connectivity index (χ1n) is 6.46. The molecule has 0 aliphatic heterocycles. The number of hydrogen-bond donors (Lipinski definition) is 1. The van der Waals surface area contributed by atoms with Crippen molar-refractivity contribution in [3.05, 3.63) is 36.2 Å². The monoisotopic (exact) mass is 260 g/mol. The third kappa shape index (κ3) is 3.98. The average molecular weight is 260 g/mol. The van der Waals surface area contributed by atoms with Crippen molar-refractivity contribution in [2.24, 2.45) is 13.0 Å². The van der Waals surface area contributed by atoms with Gasteiger partial charge in [-0.1, -0.05) is 31.2 Å². The minimum atomic E-state index is 0.507. The van der Waals surface area contributed by atoms with Gasteiger partial charge in [-0.25, -0.2) is 0 Å². The molecule has 0 fully saturated rings. The quantitative estimate of drug-likeness (QED) is 0.867. The lowest BCUT2D eigenvalue weighted by Crippen LogP contribution is -2.07. The van der Waals surface area contributed by atoms with E-state index in [9.17, 15) is 0 Å². The normalized spacial score (nSPS) is 10.7. The molecule has 0 atom stereocenters. The minimum Gasteiger partial charge on any atom is -0.491 e. The van der Waals surface area contributed by atoms with E-state index >= 15 is 0 Å². The van der Waals surface area contributed by atoms with Crippen molar-refractivity contribution in [2.75, 3.05) is 11.9 Å². The average Bonchev–Trinajstić information content (AvgIpc) is 2.80. The molecule has 1 N–H and O–H groups in total. The van der Waals surface area contributed by atoms with Gasteiger partial charge in [0.05, 0.1) is 18.8 Å². The number of rotatable bonds is 6. The predicted octanol–water partition coefficient (Wildman–Crippen LogP) is 2.46. The molecule has 5 nitrogen and oxygen atoms in total. The zero-order chi connectivity index (χ0) is 13.7. The van der Waals surface area contributed by atoms with Gasteiger partial charge in [0.1, 0.15) is 11.4 Å². The lowest BCUT2D eigenvalue weighted by molar-refractivity contribution is 0.272. The maximum absolute atomic E-state index is 5.79. The van der Waals surface area contributed by atoms with Crippen molar-refractivity contribution in [2.45, 2.75) is 20.4 Å². The zero-order valence-electron chi connectivity index (χ0n) is 11.6. The highest BCUT2D eigenvalue weighted by Crippen LogP contribution is 2.24. The summed E-state index contributed by atoms with van der Waals surface area (Å²) < 4.78 is 7.48. The van der Waals surface area contributed by atoms with E-state index in [0.717, 1.165) is 17.1 Å². The van der Waals surface area contributed by atoms with Crippen LogP contribution in [0.3, 0.4) is 0 Å². The molecule has 0 bridgehead atoms. The maximum atomic E-state index is 5.79. The first-order valence-corrected chi connectivity index (χ1v) is 6.46. The molecule has 0 aliphatic carbocycles. The Hall–Kier alpha value is -2.04. The smallest absolute Gasteiger partial charge is 0.142 e. The van der Waals surface area contributed by atoms with E-state index < -0.39 is 0 Å². The summed E-state index contributed by atoms with van der Waals surface area (Å²) in [6.45, 7) is 5.62. The number of benzene rings is 1. The van der Waals surface area contributed by atoms with Gasteiger partial charge in [0, 0.05) is 13.2 Å². The van der Waals surface area contributed by atoms with Crippen LogP contribution < -0.4 is 10.1 Å². The Morgan fingerprint density at radius 2 is 2.11 bits per heavy atom. The lowest BCUT2D eigenvalue weighted by Gasteiger charge is -2.13. The number of hydrogen-bond acceptors (Lipinski definition) is 4. The summed E-state index contributed by atoms with van der Waals surface area (Å²) in [5, 5.41) is 11.3. The van der Waals surface area contributed by atoms with E-state index in [4.69, 9.17) is 4.74 Å². The molecular formula is C14H20N4O. The Labute approximate surface area is 113 Å². The highest BCUT2D eigenvalue weighted by Gasteiger charge is 2.05. The largest absolute Gasteiger partial charge is 0.491 e. The Balaban J connectivity index is 1.99. The van der Waals surface area contributed by atoms with E-state index in [1.807, 2.05) is 37.5 Å². The van der Waals surface area contributed by atoms with Crippen molar-refractivity contribution in [1.29, 1.82) is 0 Å². The van der Waals surface area contributed by atoms with Gasteiger partial charge < -0.3 is 10.1 Å². The van der Waals surface area contributed by atoms with Crippen LogP contribution in [-0.4, -0.2) is 21.6 Å². The molecule has 0 saturated heterocycles. The molecule has 0 saturated carbocycles. The summed E-state index contributed by atoms with van der Waals surface area (Å²) in [5.41, 5.74) is 1.88. The molecule has 0 unspecified atom stereocenters. The van der Waals surface area contributed by atoms with Crippen LogP contribution in [0.15, 0.2) is 30.5 Å². The van der Waals surface area contributed by atoms with E-state index in [-0.39, 0.29) is 0 Å². The summed E-state index contributed by atoms with van der Waals surface area (Å²) in [5.74, 6) is 1.38. The summed E-state index contributed by atoms with van der Waals surface area (Å²) in [7, 11) is 1.86. The van der Waals surface area contributed by atoms with Crippen LogP contribution in [0.25, 0.3) is 0 Å². The highest BCUT2D eigenvalue weighted by atomic mass is 16.5. The molecule has 0 amide bonds. The van der Waals surface area contributed by atoms with Gasteiger partial charge in [-0.3, -0.25) is 4.68 Å². The van der Waals surface area contributed by atoms with E-state index in [1.54, 1.807) is 4.68 Å². The first-order chi connectivity index (χ1) is 9.15. The third-order valence-electron chi connectivity index (χ3n) is 2.57. The van der Waals surface area contributed by atoms with E-state index in [1.165, 1.54) is 0 Å². The van der Waals surface area contributed by atoms with Crippen LogP contribution in [0.5, 0.6) is 5.75 Å². The SMILES string of the molecule is CC(C)COc1ccccc1NCc1cn(C)nn1. The molecule has 2 rings (SSSR count). The number of nitrogens with zero attached hydrogens (tertiary/aromatic N) is 3. The van der Waals surface area contributed by atoms with E-state index in [0.29, 0.717) is 19.1 Å². The summed E-state index contributed by atoms with van der Waals surface area (Å²) in [6, 6.07) is 7.94. The van der Waals surface area contributed by atoms with Crippen molar-refractivity contribution in [3.8, 4) is 5.75 Å². The number of aryl methyl sites for hydroxylation is 1. The molecule has 2 aromatic rings. The van der Waals surface area contributed by atoms with Gasteiger partial charge in [-0.05, 0) is 18.1 Å². The lowest BCUT2D eigenvalue weighted by atomic mass is 10.2. The van der Waals surface area contributed by atoms with Gasteiger partial charge in [-0.15, -0.1) is 5.10 Å². The standard InChI is InChI=1S/C14H20N4O/c1-11(2)10-19-14-7-5-4-6-13(14)15-8-12-9-18(3)17-16-12/h4-7,9,11,15H,8,10H2,1-3H3. The summed E-state index contributed by atoms with van der Waals surface area (Å²) in [6.07, 6.45) is 1.89. The van der Waals surface area contributed by atoms with Crippen LogP contribution >= 0.6 is 0 Å². The van der Waals surface area contributed by atoms with Crippen LogP contribution in [0, 0.1) is 5.92 Å². The van der Waals surface area contributed by atoms with Crippen molar-refractivity contribution >= 4 is 5.69 Å². The third-order valence-corrected chi connectivity index (χ3v) is 2.57. The Morgan fingerprint density at radius 1 is 1.32 bits per heavy atom. The van der Waals surface area contributed by atoms with Gasteiger partial charge >= 0.3 is 0 Å². The van der Waals surface area contributed by atoms with Crippen LogP contribution in [0.1, 0.15) is 19.5 Å². The van der Waals surface area contributed by atoms with Crippen molar-refractivity contribution in [3.63, 3.8) is 0 Å². The highest BCUT2D eigenvalue weighted by molar-refractivity contribution is 5.56. The molecule has 0 radical (unpaired) electrons. The fourth-order valence-corrected chi connectivity index (χ4v) is 1.66. The number of ether oxygens (including phenoxy) is 1. The van der Waals surface area contributed by atoms with Gasteiger partial charge in [0.15, 0.2) is 0 Å². The number of anilines is 1. The number of para-hydroxylation sites is 2. The second-order valence-electron chi connectivity index (χ2n) is 4.94. The fraction of sp³-hybridized carbons (Fsp3) is 0.429. The topological polar surface area (TPSA) is 52.0 Å². The van der Waals surface area contributed by atoms with Crippen molar-refractivity contribution in [1.82, 2.24) is 15.0 Å². The summed E-state index contributed by atoms with van der Waals surface area (Å²) in [4.78, 5) is 0.